The van der Waals surface area contributed by atoms with Gasteiger partial charge in [-0.05, 0) is 38.0 Å². The zero-order valence-corrected chi connectivity index (χ0v) is 11.3. The third-order valence-electron chi connectivity index (χ3n) is 3.79. The molecule has 0 saturated carbocycles. The van der Waals surface area contributed by atoms with Crippen LogP contribution in [0.25, 0.3) is 0 Å². The Morgan fingerprint density at radius 1 is 1.35 bits per heavy atom. The number of primary amides is 1. The lowest BCUT2D eigenvalue weighted by molar-refractivity contribution is -0.123. The maximum Gasteiger partial charge on any atom is 0.254 e. The number of hydrogen-bond donors (Lipinski definition) is 2. The average molecular weight is 279 g/mol. The minimum atomic E-state index is -0.619. The third-order valence-corrected chi connectivity index (χ3v) is 3.79. The summed E-state index contributed by atoms with van der Waals surface area (Å²) in [6, 6.07) is 3.97. The molecule has 0 aromatic heterocycles. The number of carbonyl (C=O) groups is 2. The molecule has 0 spiro atoms. The third kappa shape index (κ3) is 2.74. The monoisotopic (exact) mass is 279 g/mol. The first kappa shape index (κ1) is 14.3. The van der Waals surface area contributed by atoms with E-state index in [9.17, 15) is 14.0 Å². The van der Waals surface area contributed by atoms with Crippen LogP contribution in [0.3, 0.4) is 0 Å². The summed E-state index contributed by atoms with van der Waals surface area (Å²) in [5.74, 6) is -1.67. The van der Waals surface area contributed by atoms with Gasteiger partial charge in [0.2, 0.25) is 5.91 Å². The van der Waals surface area contributed by atoms with Crippen LogP contribution < -0.4 is 11.5 Å². The molecule has 20 heavy (non-hydrogen) atoms. The Labute approximate surface area is 116 Å². The summed E-state index contributed by atoms with van der Waals surface area (Å²) in [4.78, 5) is 25.3. The Morgan fingerprint density at radius 2 is 2.05 bits per heavy atom. The molecule has 1 heterocycles. The fourth-order valence-corrected chi connectivity index (χ4v) is 2.45. The highest BCUT2D eigenvalue weighted by molar-refractivity contribution is 5.95. The largest absolute Gasteiger partial charge is 0.396 e. The average Bonchev–Trinajstić information content (AvgIpc) is 2.41. The lowest BCUT2D eigenvalue weighted by Crippen LogP contribution is -2.48. The van der Waals surface area contributed by atoms with Gasteiger partial charge in [-0.3, -0.25) is 9.59 Å². The van der Waals surface area contributed by atoms with Crippen LogP contribution in [0.15, 0.2) is 18.2 Å². The molecule has 1 aromatic carbocycles. The summed E-state index contributed by atoms with van der Waals surface area (Å²) in [5, 5.41) is 0. The zero-order valence-electron chi connectivity index (χ0n) is 11.3. The fraction of sp³-hybridized carbons (Fsp3) is 0.429. The number of benzene rings is 1. The van der Waals surface area contributed by atoms with Crippen LogP contribution in [0.5, 0.6) is 0 Å². The van der Waals surface area contributed by atoms with Crippen molar-refractivity contribution < 1.29 is 14.0 Å². The molecule has 2 amide bonds. The second-order valence-corrected chi connectivity index (χ2v) is 5.22. The van der Waals surface area contributed by atoms with E-state index in [-0.39, 0.29) is 35.7 Å². The molecule has 5 nitrogen and oxygen atoms in total. The predicted molar refractivity (Wildman–Crippen MR) is 73.2 cm³/mol. The molecule has 0 aliphatic carbocycles. The normalized spacial score (nSPS) is 22.6. The van der Waals surface area contributed by atoms with E-state index in [0.717, 1.165) is 6.07 Å². The van der Waals surface area contributed by atoms with Gasteiger partial charge in [-0.1, -0.05) is 0 Å². The number of nitrogens with zero attached hydrogens (tertiary/aromatic N) is 1. The van der Waals surface area contributed by atoms with Gasteiger partial charge in [0.05, 0.1) is 11.6 Å². The number of rotatable bonds is 2. The molecule has 1 aliphatic rings. The molecule has 6 heteroatoms. The SMILES string of the molecule is CC1CCC(C(N)=O)CN1C(=O)c1ccc(N)c(F)c1. The molecule has 108 valence electrons. The van der Waals surface area contributed by atoms with Gasteiger partial charge >= 0.3 is 0 Å². The molecular weight excluding hydrogens is 261 g/mol. The van der Waals surface area contributed by atoms with Crippen LogP contribution in [-0.2, 0) is 4.79 Å². The number of hydrogen-bond acceptors (Lipinski definition) is 3. The van der Waals surface area contributed by atoms with Crippen molar-refractivity contribution in [3.05, 3.63) is 29.6 Å². The van der Waals surface area contributed by atoms with Crippen LogP contribution in [0.1, 0.15) is 30.1 Å². The van der Waals surface area contributed by atoms with E-state index < -0.39 is 11.7 Å². The molecule has 2 unspecified atom stereocenters. The summed E-state index contributed by atoms with van der Waals surface area (Å²) < 4.78 is 13.4. The van der Waals surface area contributed by atoms with Gasteiger partial charge in [0.15, 0.2) is 0 Å². The zero-order chi connectivity index (χ0) is 14.9. The minimum Gasteiger partial charge on any atom is -0.396 e. The number of likely N-dealkylation sites (tertiary alicyclic amines) is 1. The molecule has 0 bridgehead atoms. The van der Waals surface area contributed by atoms with Crippen molar-refractivity contribution in [2.45, 2.75) is 25.8 Å². The Bertz CT molecular complexity index is 547. The van der Waals surface area contributed by atoms with Crippen molar-refractivity contribution >= 4 is 17.5 Å². The van der Waals surface area contributed by atoms with Crippen LogP contribution in [-0.4, -0.2) is 29.3 Å². The molecule has 2 rings (SSSR count). The van der Waals surface area contributed by atoms with E-state index in [4.69, 9.17) is 11.5 Å². The lowest BCUT2D eigenvalue weighted by Gasteiger charge is -2.37. The van der Waals surface area contributed by atoms with E-state index >= 15 is 0 Å². The Morgan fingerprint density at radius 3 is 2.65 bits per heavy atom. The van der Waals surface area contributed by atoms with Gasteiger partial charge < -0.3 is 16.4 Å². The number of nitrogens with two attached hydrogens (primary N) is 2. The molecule has 4 N–H and O–H groups in total. The first-order valence-corrected chi connectivity index (χ1v) is 6.55. The molecule has 2 atom stereocenters. The maximum absolute atomic E-state index is 13.4. The van der Waals surface area contributed by atoms with Crippen molar-refractivity contribution in [3.8, 4) is 0 Å². The highest BCUT2D eigenvalue weighted by atomic mass is 19.1. The summed E-state index contributed by atoms with van der Waals surface area (Å²) in [7, 11) is 0. The number of amides is 2. The van der Waals surface area contributed by atoms with E-state index in [1.165, 1.54) is 12.1 Å². The molecule has 0 radical (unpaired) electrons. The molecule has 1 aromatic rings. The summed E-state index contributed by atoms with van der Waals surface area (Å²) in [6.45, 7) is 2.18. The van der Waals surface area contributed by atoms with Crippen molar-refractivity contribution in [1.82, 2.24) is 4.90 Å². The number of anilines is 1. The van der Waals surface area contributed by atoms with Crippen molar-refractivity contribution in [3.63, 3.8) is 0 Å². The molecule has 1 aliphatic heterocycles. The van der Waals surface area contributed by atoms with Crippen LogP contribution in [0.4, 0.5) is 10.1 Å². The first-order chi connectivity index (χ1) is 9.40. The summed E-state index contributed by atoms with van der Waals surface area (Å²) in [6.07, 6.45) is 1.38. The fourth-order valence-electron chi connectivity index (χ4n) is 2.45. The second kappa shape index (κ2) is 5.48. The summed E-state index contributed by atoms with van der Waals surface area (Å²) in [5.41, 5.74) is 10.9. The van der Waals surface area contributed by atoms with E-state index in [1.54, 1.807) is 4.90 Å². The summed E-state index contributed by atoms with van der Waals surface area (Å²) >= 11 is 0. The quantitative estimate of drug-likeness (QED) is 0.795. The Balaban J connectivity index is 2.21. The van der Waals surface area contributed by atoms with Crippen molar-refractivity contribution in [2.24, 2.45) is 11.7 Å². The highest BCUT2D eigenvalue weighted by Gasteiger charge is 2.32. The lowest BCUT2D eigenvalue weighted by atomic mass is 9.92. The number of piperidine rings is 1. The Kier molecular flexibility index (Phi) is 3.92. The van der Waals surface area contributed by atoms with Gasteiger partial charge in [-0.2, -0.15) is 0 Å². The standard InChI is InChI=1S/C14H18FN3O2/c1-8-2-3-10(13(17)19)7-18(8)14(20)9-4-5-12(16)11(15)6-9/h4-6,8,10H,2-3,7,16H2,1H3,(H2,17,19). The van der Waals surface area contributed by atoms with Crippen LogP contribution in [0, 0.1) is 11.7 Å². The van der Waals surface area contributed by atoms with Crippen LogP contribution >= 0.6 is 0 Å². The van der Waals surface area contributed by atoms with Gasteiger partial charge in [-0.25, -0.2) is 4.39 Å². The highest BCUT2D eigenvalue weighted by Crippen LogP contribution is 2.24. The van der Waals surface area contributed by atoms with Gasteiger partial charge in [0.1, 0.15) is 5.82 Å². The van der Waals surface area contributed by atoms with E-state index in [0.29, 0.717) is 12.8 Å². The predicted octanol–water partition coefficient (Wildman–Crippen LogP) is 1.13. The number of halogens is 1. The minimum absolute atomic E-state index is 0.00119. The van der Waals surface area contributed by atoms with Crippen molar-refractivity contribution in [2.75, 3.05) is 12.3 Å². The number of nitrogen functional groups attached to an aromatic ring is 1. The van der Waals surface area contributed by atoms with E-state index in [2.05, 4.69) is 0 Å². The topological polar surface area (TPSA) is 89.4 Å². The van der Waals surface area contributed by atoms with Gasteiger partial charge in [0, 0.05) is 18.2 Å². The van der Waals surface area contributed by atoms with Crippen LogP contribution in [0.2, 0.25) is 0 Å². The molecule has 1 fully saturated rings. The molecule has 1 saturated heterocycles. The Hall–Kier alpha value is -2.11. The van der Waals surface area contributed by atoms with E-state index in [1.807, 2.05) is 6.92 Å². The maximum atomic E-state index is 13.4. The first-order valence-electron chi connectivity index (χ1n) is 6.55. The van der Waals surface area contributed by atoms with Gasteiger partial charge in [0.25, 0.3) is 5.91 Å². The second-order valence-electron chi connectivity index (χ2n) is 5.22. The van der Waals surface area contributed by atoms with Gasteiger partial charge in [-0.15, -0.1) is 0 Å². The molecular formula is C14H18FN3O2. The van der Waals surface area contributed by atoms with Crippen molar-refractivity contribution in [1.29, 1.82) is 0 Å². The smallest absolute Gasteiger partial charge is 0.254 e. The number of carbonyl (C=O) groups excluding carboxylic acids is 2.